The van der Waals surface area contributed by atoms with Gasteiger partial charge in [0.25, 0.3) is 0 Å². The summed E-state index contributed by atoms with van der Waals surface area (Å²) in [6.07, 6.45) is -4.36. The Morgan fingerprint density at radius 3 is 2.69 bits per heavy atom. The molecule has 7 nitrogen and oxygen atoms in total. The lowest BCUT2D eigenvalue weighted by Gasteiger charge is -2.28. The monoisotopic (exact) mass is 390 g/mol. The molecule has 1 aromatic heterocycles. The van der Waals surface area contributed by atoms with E-state index in [1.165, 1.54) is 25.4 Å². The maximum atomic E-state index is 13.3. The third-order valence-electron chi connectivity index (χ3n) is 3.43. The number of aryl methyl sites for hydroxylation is 1. The van der Waals surface area contributed by atoms with Gasteiger partial charge in [0.2, 0.25) is 5.60 Å². The minimum absolute atomic E-state index is 0.270. The Bertz CT molecular complexity index is 838. The SMILES string of the molecule is Cn1ccnc1C(O)(CC(=O)ON=C(N)c1cccc(Cl)c1)C(F)(F)F. The Hall–Kier alpha value is -2.59. The number of benzene rings is 1. The van der Waals surface area contributed by atoms with Gasteiger partial charge in [-0.15, -0.1) is 0 Å². The molecule has 0 aliphatic heterocycles. The van der Waals surface area contributed by atoms with Gasteiger partial charge in [-0.2, -0.15) is 13.2 Å². The molecule has 1 unspecified atom stereocenters. The molecule has 1 heterocycles. The highest BCUT2D eigenvalue weighted by Crippen LogP contribution is 2.40. The second kappa shape index (κ2) is 7.34. The number of halogens is 4. The number of imidazole rings is 1. The summed E-state index contributed by atoms with van der Waals surface area (Å²) in [5, 5.41) is 13.7. The molecule has 1 aromatic carbocycles. The number of oxime groups is 1. The molecule has 0 fully saturated rings. The van der Waals surface area contributed by atoms with E-state index in [1.807, 2.05) is 0 Å². The zero-order valence-corrected chi connectivity index (χ0v) is 14.1. The number of carbonyl (C=O) groups is 1. The Balaban J connectivity index is 2.18. The van der Waals surface area contributed by atoms with Crippen LogP contribution in [0.1, 0.15) is 17.8 Å². The molecule has 0 saturated heterocycles. The molecule has 1 atom stereocenters. The molecule has 0 saturated carbocycles. The number of amidine groups is 1. The van der Waals surface area contributed by atoms with Gasteiger partial charge in [0, 0.05) is 30.0 Å². The minimum atomic E-state index is -5.17. The second-order valence-corrected chi connectivity index (χ2v) is 5.78. The smallest absolute Gasteiger partial charge is 0.380 e. The lowest BCUT2D eigenvalue weighted by Crippen LogP contribution is -2.46. The van der Waals surface area contributed by atoms with Crippen molar-refractivity contribution >= 4 is 23.4 Å². The first-order chi connectivity index (χ1) is 12.0. The summed E-state index contributed by atoms with van der Waals surface area (Å²) >= 11 is 5.78. The number of carbonyl (C=O) groups excluding carboxylic acids is 1. The largest absolute Gasteiger partial charge is 0.425 e. The van der Waals surface area contributed by atoms with Crippen molar-refractivity contribution in [3.05, 3.63) is 53.1 Å². The first-order valence-electron chi connectivity index (χ1n) is 7.11. The lowest BCUT2D eigenvalue weighted by atomic mass is 9.98. The van der Waals surface area contributed by atoms with E-state index in [9.17, 15) is 23.1 Å². The Labute approximate surface area is 150 Å². The maximum absolute atomic E-state index is 13.3. The van der Waals surface area contributed by atoms with Crippen LogP contribution in [-0.2, 0) is 22.3 Å². The fourth-order valence-electron chi connectivity index (χ4n) is 2.11. The van der Waals surface area contributed by atoms with E-state index in [-0.39, 0.29) is 5.84 Å². The van der Waals surface area contributed by atoms with Crippen molar-refractivity contribution in [1.82, 2.24) is 9.55 Å². The predicted octanol–water partition coefficient (Wildman–Crippen LogP) is 2.08. The van der Waals surface area contributed by atoms with Crippen molar-refractivity contribution in [1.29, 1.82) is 0 Å². The number of alkyl halides is 3. The van der Waals surface area contributed by atoms with Crippen molar-refractivity contribution < 1.29 is 27.9 Å². The molecular weight excluding hydrogens is 377 g/mol. The quantitative estimate of drug-likeness (QED) is 0.352. The topological polar surface area (TPSA) is 103 Å². The predicted molar refractivity (Wildman–Crippen MR) is 86.0 cm³/mol. The number of rotatable bonds is 5. The van der Waals surface area contributed by atoms with Crippen LogP contribution < -0.4 is 5.73 Å². The number of nitrogens with zero attached hydrogens (tertiary/aromatic N) is 3. The van der Waals surface area contributed by atoms with Gasteiger partial charge in [-0.25, -0.2) is 9.78 Å². The number of aliphatic hydroxyl groups is 1. The Morgan fingerprint density at radius 2 is 2.15 bits per heavy atom. The van der Waals surface area contributed by atoms with Gasteiger partial charge in [0.1, 0.15) is 0 Å². The summed E-state index contributed by atoms with van der Waals surface area (Å²) in [5.41, 5.74) is 2.36. The molecule has 0 bridgehead atoms. The van der Waals surface area contributed by atoms with E-state index >= 15 is 0 Å². The molecule has 3 N–H and O–H groups in total. The first-order valence-corrected chi connectivity index (χ1v) is 7.48. The molecule has 0 aliphatic carbocycles. The Kier molecular flexibility index (Phi) is 5.57. The van der Waals surface area contributed by atoms with Crippen LogP contribution in [0.4, 0.5) is 13.2 Å². The summed E-state index contributed by atoms with van der Waals surface area (Å²) in [5.74, 6) is -2.47. The summed E-state index contributed by atoms with van der Waals surface area (Å²) in [6.45, 7) is 0. The van der Waals surface area contributed by atoms with Gasteiger partial charge < -0.3 is 20.2 Å². The molecule has 0 radical (unpaired) electrons. The van der Waals surface area contributed by atoms with Crippen molar-refractivity contribution in [2.75, 3.05) is 0 Å². The second-order valence-electron chi connectivity index (χ2n) is 5.35. The van der Waals surface area contributed by atoms with Crippen LogP contribution in [0.2, 0.25) is 5.02 Å². The number of hydrogen-bond acceptors (Lipinski definition) is 5. The van der Waals surface area contributed by atoms with Crippen molar-refractivity contribution in [2.24, 2.45) is 17.9 Å². The van der Waals surface area contributed by atoms with Crippen LogP contribution in [0.5, 0.6) is 0 Å². The molecular formula is C15H14ClF3N4O3. The third-order valence-corrected chi connectivity index (χ3v) is 3.66. The molecule has 26 heavy (non-hydrogen) atoms. The molecule has 2 rings (SSSR count). The van der Waals surface area contributed by atoms with Crippen LogP contribution in [0.15, 0.2) is 41.8 Å². The average Bonchev–Trinajstić information content (AvgIpc) is 2.98. The fourth-order valence-corrected chi connectivity index (χ4v) is 2.30. The van der Waals surface area contributed by atoms with Gasteiger partial charge in [-0.05, 0) is 12.1 Å². The summed E-state index contributed by atoms with van der Waals surface area (Å²) in [7, 11) is 1.25. The summed E-state index contributed by atoms with van der Waals surface area (Å²) in [4.78, 5) is 19.7. The van der Waals surface area contributed by atoms with E-state index in [1.54, 1.807) is 12.1 Å². The van der Waals surface area contributed by atoms with Crippen LogP contribution in [0.3, 0.4) is 0 Å². The molecule has 0 amide bonds. The van der Waals surface area contributed by atoms with Crippen molar-refractivity contribution in [3.63, 3.8) is 0 Å². The molecule has 2 aromatic rings. The van der Waals surface area contributed by atoms with Crippen LogP contribution in [0.25, 0.3) is 0 Å². The minimum Gasteiger partial charge on any atom is -0.380 e. The number of hydrogen-bond donors (Lipinski definition) is 2. The zero-order valence-electron chi connectivity index (χ0n) is 13.4. The van der Waals surface area contributed by atoms with Crippen molar-refractivity contribution in [3.8, 4) is 0 Å². The van der Waals surface area contributed by atoms with Crippen LogP contribution in [0, 0.1) is 0 Å². The average molecular weight is 391 g/mol. The third kappa shape index (κ3) is 4.14. The molecule has 140 valence electrons. The van der Waals surface area contributed by atoms with E-state index in [0.717, 1.165) is 10.8 Å². The molecule has 0 spiro atoms. The molecule has 11 heteroatoms. The first kappa shape index (κ1) is 19.7. The highest BCUT2D eigenvalue weighted by atomic mass is 35.5. The molecule has 0 aliphatic rings. The summed E-state index contributed by atoms with van der Waals surface area (Å²) < 4.78 is 40.9. The number of aromatic nitrogens is 2. The van der Waals surface area contributed by atoms with Gasteiger partial charge in [0.15, 0.2) is 11.7 Å². The van der Waals surface area contributed by atoms with Gasteiger partial charge in [-0.1, -0.05) is 28.9 Å². The zero-order chi connectivity index (χ0) is 19.5. The summed E-state index contributed by atoms with van der Waals surface area (Å²) in [6, 6.07) is 6.07. The van der Waals surface area contributed by atoms with E-state index in [2.05, 4.69) is 15.0 Å². The van der Waals surface area contributed by atoms with Gasteiger partial charge >= 0.3 is 12.1 Å². The van der Waals surface area contributed by atoms with Crippen molar-refractivity contribution in [2.45, 2.75) is 18.2 Å². The lowest BCUT2D eigenvalue weighted by molar-refractivity contribution is -0.273. The normalized spacial score (nSPS) is 14.8. The van der Waals surface area contributed by atoms with E-state index in [4.69, 9.17) is 17.3 Å². The van der Waals surface area contributed by atoms with Gasteiger partial charge in [-0.3, -0.25) is 0 Å². The maximum Gasteiger partial charge on any atom is 0.425 e. The number of nitrogens with two attached hydrogens (primary N) is 1. The van der Waals surface area contributed by atoms with Crippen LogP contribution in [-0.4, -0.2) is 32.6 Å². The van der Waals surface area contributed by atoms with E-state index < -0.39 is 30.0 Å². The van der Waals surface area contributed by atoms with Crippen LogP contribution >= 0.6 is 11.6 Å². The highest BCUT2D eigenvalue weighted by molar-refractivity contribution is 6.31. The van der Waals surface area contributed by atoms with E-state index in [0.29, 0.717) is 10.6 Å². The Morgan fingerprint density at radius 1 is 1.46 bits per heavy atom. The standard InChI is InChI=1S/C15H14ClF3N4O3/c1-23-6-5-21-13(23)14(25,15(17,18)19)8-11(24)26-22-12(20)9-3-2-4-10(16)7-9/h2-7,25H,8H2,1H3,(H2,20,22). The fraction of sp³-hybridized carbons (Fsp3) is 0.267. The highest BCUT2D eigenvalue weighted by Gasteiger charge is 2.59. The van der Waals surface area contributed by atoms with Gasteiger partial charge in [0.05, 0.1) is 6.42 Å².